The Morgan fingerprint density at radius 3 is 2.90 bits per heavy atom. The van der Waals surface area contributed by atoms with Crippen molar-refractivity contribution in [1.29, 1.82) is 5.26 Å². The van der Waals surface area contributed by atoms with Gasteiger partial charge in [-0.1, -0.05) is 25.1 Å². The molecule has 1 saturated carbocycles. The van der Waals surface area contributed by atoms with E-state index in [1.807, 2.05) is 6.07 Å². The van der Waals surface area contributed by atoms with Crippen molar-refractivity contribution in [3.05, 3.63) is 41.2 Å². The molecule has 2 aliphatic heterocycles. The lowest BCUT2D eigenvalue weighted by molar-refractivity contribution is -0.124. The molecule has 0 unspecified atom stereocenters. The van der Waals surface area contributed by atoms with Gasteiger partial charge in [0.15, 0.2) is 0 Å². The summed E-state index contributed by atoms with van der Waals surface area (Å²) in [5.74, 6) is -0.0785. The summed E-state index contributed by atoms with van der Waals surface area (Å²) < 4.78 is 14.7. The highest BCUT2D eigenvalue weighted by Gasteiger charge is 2.43. The summed E-state index contributed by atoms with van der Waals surface area (Å²) in [6.07, 6.45) is 6.49. The quantitative estimate of drug-likeness (QED) is 0.776. The average molecular weight is 397 g/mol. The average Bonchev–Trinajstić information content (AvgIpc) is 3.38. The van der Waals surface area contributed by atoms with Crippen LogP contribution in [0.25, 0.3) is 5.57 Å². The van der Waals surface area contributed by atoms with Crippen molar-refractivity contribution < 1.29 is 9.18 Å². The molecular formula is C23H29FN4O. The van der Waals surface area contributed by atoms with Gasteiger partial charge in [0.05, 0.1) is 12.1 Å². The van der Waals surface area contributed by atoms with Crippen molar-refractivity contribution in [2.45, 2.75) is 57.2 Å². The molecule has 29 heavy (non-hydrogen) atoms. The number of likely N-dealkylation sites (N-methyl/N-ethyl adjacent to an activating group) is 1. The zero-order valence-electron chi connectivity index (χ0n) is 17.0. The van der Waals surface area contributed by atoms with Crippen molar-refractivity contribution in [1.82, 2.24) is 15.5 Å². The Balaban J connectivity index is 1.38. The third-order valence-electron chi connectivity index (χ3n) is 6.70. The van der Waals surface area contributed by atoms with E-state index in [9.17, 15) is 14.4 Å². The van der Waals surface area contributed by atoms with Crippen LogP contribution in [0.2, 0.25) is 0 Å². The monoisotopic (exact) mass is 396 g/mol. The summed E-state index contributed by atoms with van der Waals surface area (Å²) in [5, 5.41) is 15.6. The number of nitrogens with zero attached hydrogens (tertiary/aromatic N) is 2. The van der Waals surface area contributed by atoms with Crippen LogP contribution in [0, 0.1) is 23.1 Å². The fourth-order valence-electron chi connectivity index (χ4n) is 4.93. The van der Waals surface area contributed by atoms with Gasteiger partial charge in [0, 0.05) is 25.6 Å². The number of carbonyl (C=O) groups is 1. The van der Waals surface area contributed by atoms with Crippen molar-refractivity contribution >= 4 is 11.5 Å². The van der Waals surface area contributed by atoms with E-state index < -0.39 is 6.04 Å². The van der Waals surface area contributed by atoms with Crippen LogP contribution in [0.15, 0.2) is 24.3 Å². The van der Waals surface area contributed by atoms with Crippen LogP contribution in [-0.4, -0.2) is 48.6 Å². The summed E-state index contributed by atoms with van der Waals surface area (Å²) in [6, 6.07) is 6.87. The molecule has 0 aromatic heterocycles. The van der Waals surface area contributed by atoms with E-state index in [2.05, 4.69) is 34.6 Å². The fraction of sp³-hybridized carbons (Fsp3) is 0.565. The van der Waals surface area contributed by atoms with Crippen molar-refractivity contribution in [3.63, 3.8) is 0 Å². The lowest BCUT2D eigenvalue weighted by Crippen LogP contribution is -2.50. The van der Waals surface area contributed by atoms with Crippen LogP contribution in [0.1, 0.15) is 43.7 Å². The summed E-state index contributed by atoms with van der Waals surface area (Å²) in [7, 11) is 0. The maximum absolute atomic E-state index is 14.7. The van der Waals surface area contributed by atoms with Crippen molar-refractivity contribution in [2.75, 3.05) is 19.6 Å². The number of nitriles is 1. The molecule has 4 rings (SSSR count). The Hall–Kier alpha value is -2.23. The van der Waals surface area contributed by atoms with Crippen LogP contribution in [0.5, 0.6) is 0 Å². The van der Waals surface area contributed by atoms with Crippen LogP contribution < -0.4 is 10.6 Å². The highest BCUT2D eigenvalue weighted by atomic mass is 19.1. The number of halogens is 1. The van der Waals surface area contributed by atoms with Gasteiger partial charge >= 0.3 is 0 Å². The van der Waals surface area contributed by atoms with Gasteiger partial charge in [-0.15, -0.1) is 0 Å². The summed E-state index contributed by atoms with van der Waals surface area (Å²) in [6.45, 7) is 5.06. The van der Waals surface area contributed by atoms with E-state index in [-0.39, 0.29) is 24.2 Å². The Kier molecular flexibility index (Phi) is 5.98. The molecule has 0 radical (unpaired) electrons. The molecule has 2 heterocycles. The molecule has 2 bridgehead atoms. The first kappa shape index (κ1) is 20.1. The Bertz CT molecular complexity index is 846. The van der Waals surface area contributed by atoms with Gasteiger partial charge in [0.2, 0.25) is 5.91 Å². The number of rotatable bonds is 6. The van der Waals surface area contributed by atoms with Crippen LogP contribution in [0.4, 0.5) is 4.39 Å². The predicted molar refractivity (Wildman–Crippen MR) is 110 cm³/mol. The van der Waals surface area contributed by atoms with E-state index in [0.717, 1.165) is 50.9 Å². The molecule has 6 heteroatoms. The molecule has 4 atom stereocenters. The van der Waals surface area contributed by atoms with Gasteiger partial charge in [-0.3, -0.25) is 9.69 Å². The number of hydrogen-bond donors (Lipinski definition) is 2. The molecule has 1 amide bonds. The molecule has 0 spiro atoms. The normalized spacial score (nSPS) is 27.3. The first-order valence-corrected chi connectivity index (χ1v) is 10.7. The molecular weight excluding hydrogens is 367 g/mol. The number of fused-ring (bicyclic) bond motifs is 2. The minimum absolute atomic E-state index is 0.131. The highest BCUT2D eigenvalue weighted by molar-refractivity contribution is 5.83. The lowest BCUT2D eigenvalue weighted by Gasteiger charge is -2.25. The number of benzene rings is 1. The van der Waals surface area contributed by atoms with Gasteiger partial charge in [0.25, 0.3) is 0 Å². The zero-order chi connectivity index (χ0) is 20.4. The van der Waals surface area contributed by atoms with Crippen LogP contribution >= 0.6 is 0 Å². The second-order valence-corrected chi connectivity index (χ2v) is 8.49. The molecule has 1 aliphatic carbocycles. The van der Waals surface area contributed by atoms with Crippen LogP contribution in [-0.2, 0) is 11.2 Å². The largest absolute Gasteiger partial charge is 0.339 e. The molecule has 154 valence electrons. The van der Waals surface area contributed by atoms with Gasteiger partial charge in [-0.25, -0.2) is 4.39 Å². The smallest absolute Gasteiger partial charge is 0.238 e. The molecule has 5 nitrogen and oxygen atoms in total. The fourth-order valence-corrected chi connectivity index (χ4v) is 4.93. The molecule has 3 aliphatic rings. The topological polar surface area (TPSA) is 68.2 Å². The van der Waals surface area contributed by atoms with E-state index in [1.54, 1.807) is 12.1 Å². The van der Waals surface area contributed by atoms with Gasteiger partial charge in [0.1, 0.15) is 11.9 Å². The Labute approximate surface area is 172 Å². The number of piperidine rings is 1. The highest BCUT2D eigenvalue weighted by Crippen LogP contribution is 2.35. The molecule has 1 aromatic rings. The first-order chi connectivity index (χ1) is 14.1. The van der Waals surface area contributed by atoms with E-state index in [4.69, 9.17) is 0 Å². The van der Waals surface area contributed by atoms with Gasteiger partial charge < -0.3 is 10.6 Å². The summed E-state index contributed by atoms with van der Waals surface area (Å²) in [5.41, 5.74) is 2.55. The summed E-state index contributed by atoms with van der Waals surface area (Å²) >= 11 is 0. The number of nitrogens with one attached hydrogen (secondary N) is 2. The van der Waals surface area contributed by atoms with E-state index in [0.29, 0.717) is 17.5 Å². The number of amides is 1. The van der Waals surface area contributed by atoms with Gasteiger partial charge in [-0.05, 0) is 60.9 Å². The summed E-state index contributed by atoms with van der Waals surface area (Å²) in [4.78, 5) is 14.9. The molecule has 2 N–H and O–H groups in total. The molecule has 1 saturated heterocycles. The van der Waals surface area contributed by atoms with Crippen molar-refractivity contribution in [2.24, 2.45) is 5.92 Å². The Morgan fingerprint density at radius 1 is 1.45 bits per heavy atom. The standard InChI is InChI=1S/C23H29FN4O/c1-2-28-9-7-15(8-10-28)16-3-4-17(21(24)13-16)11-20(14-25)27-23(29)22-18-5-6-19(12-18)26-22/h3-4,7,13,18-20,22,26H,2,5-6,8-12H2,1H3,(H,27,29)/t18-,19+,20-,22-/m0/s1. The second kappa shape index (κ2) is 8.64. The lowest BCUT2D eigenvalue weighted by atomic mass is 9.96. The Morgan fingerprint density at radius 2 is 2.31 bits per heavy atom. The molecule has 1 aromatic carbocycles. The maximum Gasteiger partial charge on any atom is 0.238 e. The first-order valence-electron chi connectivity index (χ1n) is 10.7. The third-order valence-corrected chi connectivity index (χ3v) is 6.70. The van der Waals surface area contributed by atoms with E-state index >= 15 is 0 Å². The minimum Gasteiger partial charge on any atom is -0.339 e. The van der Waals surface area contributed by atoms with Crippen LogP contribution in [0.3, 0.4) is 0 Å². The third kappa shape index (κ3) is 4.36. The van der Waals surface area contributed by atoms with E-state index in [1.165, 1.54) is 5.57 Å². The zero-order valence-corrected chi connectivity index (χ0v) is 17.0. The van der Waals surface area contributed by atoms with Gasteiger partial charge in [-0.2, -0.15) is 5.26 Å². The predicted octanol–water partition coefficient (Wildman–Crippen LogP) is 2.63. The SMILES string of the molecule is CCN1CC=C(c2ccc(C[C@@H](C#N)NC(=O)[C@H]3N[C@@H]4CC[C@H]3C4)c(F)c2)CC1. The number of carbonyl (C=O) groups excluding carboxylic acids is 1. The van der Waals surface area contributed by atoms with Crippen molar-refractivity contribution in [3.8, 4) is 6.07 Å². The molecule has 2 fully saturated rings. The second-order valence-electron chi connectivity index (χ2n) is 8.49. The minimum atomic E-state index is -0.726. The maximum atomic E-state index is 14.7. The number of hydrogen-bond acceptors (Lipinski definition) is 4.